The van der Waals surface area contributed by atoms with Crippen LogP contribution in [0.25, 0.3) is 0 Å². The summed E-state index contributed by atoms with van der Waals surface area (Å²) in [5.74, 6) is 6.38. The summed E-state index contributed by atoms with van der Waals surface area (Å²) >= 11 is 0. The molecule has 2 aromatic rings. The Balaban J connectivity index is 2.26. The molecule has 0 saturated heterocycles. The van der Waals surface area contributed by atoms with Gasteiger partial charge in [-0.1, -0.05) is 24.1 Å². The summed E-state index contributed by atoms with van der Waals surface area (Å²) in [4.78, 5) is 13.7. The van der Waals surface area contributed by atoms with Gasteiger partial charge in [-0.2, -0.15) is 0 Å². The van der Waals surface area contributed by atoms with Crippen molar-refractivity contribution in [1.82, 2.24) is 0 Å². The molecule has 0 aliphatic carbocycles. The van der Waals surface area contributed by atoms with E-state index in [1.807, 2.05) is 30.3 Å². The standard InChI is InChI=1S/C18H17NO3/c1-19(16-13-15(21-2)10-11-17(16)22-3)18(20)12-9-14-7-5-4-6-8-14/h4-8,10-11,13H,1-3H3. The van der Waals surface area contributed by atoms with E-state index in [1.54, 1.807) is 39.5 Å². The zero-order valence-electron chi connectivity index (χ0n) is 12.8. The number of hydrogen-bond acceptors (Lipinski definition) is 3. The average molecular weight is 295 g/mol. The molecular weight excluding hydrogens is 278 g/mol. The second kappa shape index (κ2) is 7.19. The van der Waals surface area contributed by atoms with Gasteiger partial charge in [-0.25, -0.2) is 0 Å². The molecule has 0 bridgehead atoms. The summed E-state index contributed by atoms with van der Waals surface area (Å²) in [5, 5.41) is 0. The van der Waals surface area contributed by atoms with Gasteiger partial charge in [0.1, 0.15) is 11.5 Å². The van der Waals surface area contributed by atoms with Crippen LogP contribution >= 0.6 is 0 Å². The molecule has 4 heteroatoms. The number of amides is 1. The van der Waals surface area contributed by atoms with Crippen LogP contribution in [0, 0.1) is 11.8 Å². The first-order chi connectivity index (χ1) is 10.7. The number of carbonyl (C=O) groups excluding carboxylic acids is 1. The highest BCUT2D eigenvalue weighted by Crippen LogP contribution is 2.31. The molecule has 2 aromatic carbocycles. The van der Waals surface area contributed by atoms with Crippen molar-refractivity contribution in [3.63, 3.8) is 0 Å². The first kappa shape index (κ1) is 15.5. The monoisotopic (exact) mass is 295 g/mol. The molecule has 0 aliphatic rings. The lowest BCUT2D eigenvalue weighted by molar-refractivity contribution is -0.113. The number of nitrogens with zero attached hydrogens (tertiary/aromatic N) is 1. The normalized spacial score (nSPS) is 9.41. The Morgan fingerprint density at radius 1 is 1.05 bits per heavy atom. The molecular formula is C18H17NO3. The summed E-state index contributed by atoms with van der Waals surface area (Å²) in [7, 11) is 4.78. The summed E-state index contributed by atoms with van der Waals surface area (Å²) < 4.78 is 10.5. The number of benzene rings is 2. The molecule has 0 atom stereocenters. The van der Waals surface area contributed by atoms with Crippen molar-refractivity contribution in [1.29, 1.82) is 0 Å². The van der Waals surface area contributed by atoms with Crippen molar-refractivity contribution in [3.05, 3.63) is 54.1 Å². The van der Waals surface area contributed by atoms with E-state index < -0.39 is 0 Å². The maximum atomic E-state index is 12.2. The largest absolute Gasteiger partial charge is 0.497 e. The second-order valence-electron chi connectivity index (χ2n) is 4.52. The second-order valence-corrected chi connectivity index (χ2v) is 4.52. The van der Waals surface area contributed by atoms with Gasteiger partial charge in [0, 0.05) is 24.6 Å². The topological polar surface area (TPSA) is 38.8 Å². The first-order valence-corrected chi connectivity index (χ1v) is 6.72. The van der Waals surface area contributed by atoms with Gasteiger partial charge in [-0.05, 0) is 24.3 Å². The molecule has 0 N–H and O–H groups in total. The molecule has 0 heterocycles. The molecule has 0 saturated carbocycles. The van der Waals surface area contributed by atoms with Crippen molar-refractivity contribution in [3.8, 4) is 23.3 Å². The van der Waals surface area contributed by atoms with Gasteiger partial charge < -0.3 is 14.4 Å². The van der Waals surface area contributed by atoms with Gasteiger partial charge in [-0.3, -0.25) is 4.79 Å². The molecule has 112 valence electrons. The Bertz CT molecular complexity index is 714. The Labute approximate surface area is 130 Å². The van der Waals surface area contributed by atoms with E-state index in [0.29, 0.717) is 17.2 Å². The minimum absolute atomic E-state index is 0.324. The molecule has 0 fully saturated rings. The highest BCUT2D eigenvalue weighted by molar-refractivity contribution is 6.06. The smallest absolute Gasteiger partial charge is 0.303 e. The molecule has 0 unspecified atom stereocenters. The summed E-state index contributed by atoms with van der Waals surface area (Å²) in [5.41, 5.74) is 1.40. The van der Waals surface area contributed by atoms with Crippen LogP contribution in [0.1, 0.15) is 5.56 Å². The molecule has 0 aromatic heterocycles. The molecule has 1 amide bonds. The van der Waals surface area contributed by atoms with E-state index in [9.17, 15) is 4.79 Å². The fraction of sp³-hybridized carbons (Fsp3) is 0.167. The van der Waals surface area contributed by atoms with Gasteiger partial charge in [-0.15, -0.1) is 0 Å². The van der Waals surface area contributed by atoms with Crippen molar-refractivity contribution >= 4 is 11.6 Å². The summed E-state index contributed by atoms with van der Waals surface area (Å²) in [6.07, 6.45) is 0. The van der Waals surface area contributed by atoms with Gasteiger partial charge in [0.2, 0.25) is 0 Å². The van der Waals surface area contributed by atoms with E-state index in [1.165, 1.54) is 4.90 Å². The lowest BCUT2D eigenvalue weighted by atomic mass is 10.2. The third kappa shape index (κ3) is 3.58. The zero-order chi connectivity index (χ0) is 15.9. The molecule has 0 aliphatic heterocycles. The third-order valence-electron chi connectivity index (χ3n) is 3.14. The van der Waals surface area contributed by atoms with Crippen molar-refractivity contribution in [2.45, 2.75) is 0 Å². The Morgan fingerprint density at radius 3 is 2.41 bits per heavy atom. The Morgan fingerprint density at radius 2 is 1.77 bits per heavy atom. The molecule has 0 radical (unpaired) electrons. The summed E-state index contributed by atoms with van der Waals surface area (Å²) in [6.45, 7) is 0. The van der Waals surface area contributed by atoms with Gasteiger partial charge in [0.25, 0.3) is 0 Å². The number of methoxy groups -OCH3 is 2. The zero-order valence-corrected chi connectivity index (χ0v) is 12.8. The van der Waals surface area contributed by atoms with E-state index in [-0.39, 0.29) is 5.91 Å². The van der Waals surface area contributed by atoms with Crippen LogP contribution in [-0.2, 0) is 4.79 Å². The Hall–Kier alpha value is -2.93. The van der Waals surface area contributed by atoms with E-state index in [0.717, 1.165) is 5.56 Å². The fourth-order valence-electron chi connectivity index (χ4n) is 1.90. The van der Waals surface area contributed by atoms with Crippen molar-refractivity contribution < 1.29 is 14.3 Å². The predicted octanol–water partition coefficient (Wildman–Crippen LogP) is 2.72. The van der Waals surface area contributed by atoms with Crippen LogP contribution in [0.3, 0.4) is 0 Å². The predicted molar refractivity (Wildman–Crippen MR) is 86.3 cm³/mol. The van der Waals surface area contributed by atoms with Crippen molar-refractivity contribution in [2.75, 3.05) is 26.2 Å². The van der Waals surface area contributed by atoms with E-state index >= 15 is 0 Å². The Kier molecular flexibility index (Phi) is 5.05. The van der Waals surface area contributed by atoms with Crippen LogP contribution < -0.4 is 14.4 Å². The number of carbonyl (C=O) groups is 1. The van der Waals surface area contributed by atoms with Crippen LogP contribution in [0.5, 0.6) is 11.5 Å². The molecule has 0 spiro atoms. The quantitative estimate of drug-likeness (QED) is 0.817. The minimum atomic E-state index is -0.324. The van der Waals surface area contributed by atoms with Crippen LogP contribution in [0.4, 0.5) is 5.69 Å². The van der Waals surface area contributed by atoms with Crippen LogP contribution in [0.15, 0.2) is 48.5 Å². The van der Waals surface area contributed by atoms with Crippen LogP contribution in [0.2, 0.25) is 0 Å². The summed E-state index contributed by atoms with van der Waals surface area (Å²) in [6, 6.07) is 14.6. The third-order valence-corrected chi connectivity index (χ3v) is 3.14. The van der Waals surface area contributed by atoms with Gasteiger partial charge in [0.05, 0.1) is 19.9 Å². The number of ether oxygens (including phenoxy) is 2. The maximum absolute atomic E-state index is 12.2. The average Bonchev–Trinajstić information content (AvgIpc) is 2.59. The fourth-order valence-corrected chi connectivity index (χ4v) is 1.90. The highest BCUT2D eigenvalue weighted by Gasteiger charge is 2.14. The van der Waals surface area contributed by atoms with Crippen LogP contribution in [-0.4, -0.2) is 27.2 Å². The van der Waals surface area contributed by atoms with Crippen molar-refractivity contribution in [2.24, 2.45) is 0 Å². The number of hydrogen-bond donors (Lipinski definition) is 0. The SMILES string of the molecule is COc1ccc(OC)c(N(C)C(=O)C#Cc2ccccc2)c1. The molecule has 2 rings (SSSR count). The maximum Gasteiger partial charge on any atom is 0.303 e. The van der Waals surface area contributed by atoms with E-state index in [4.69, 9.17) is 9.47 Å². The van der Waals surface area contributed by atoms with Gasteiger partial charge in [0.15, 0.2) is 0 Å². The van der Waals surface area contributed by atoms with Gasteiger partial charge >= 0.3 is 5.91 Å². The van der Waals surface area contributed by atoms with E-state index in [2.05, 4.69) is 11.8 Å². The number of anilines is 1. The lowest BCUT2D eigenvalue weighted by Crippen LogP contribution is -2.25. The minimum Gasteiger partial charge on any atom is -0.497 e. The first-order valence-electron chi connectivity index (χ1n) is 6.72. The molecule has 22 heavy (non-hydrogen) atoms. The highest BCUT2D eigenvalue weighted by atomic mass is 16.5. The number of rotatable bonds is 3. The lowest BCUT2D eigenvalue weighted by Gasteiger charge is -2.18. The molecule has 4 nitrogen and oxygen atoms in total.